The molecule has 9 heavy (non-hydrogen) atoms. The maximum atomic E-state index is 8.75. The third-order valence-corrected chi connectivity index (χ3v) is 0.989. The van der Waals surface area contributed by atoms with E-state index in [9.17, 15) is 0 Å². The lowest BCUT2D eigenvalue weighted by Gasteiger charge is -2.14. The van der Waals surface area contributed by atoms with Crippen molar-refractivity contribution >= 4 is 0 Å². The standard InChI is InChI=1S/C6H10O3/c1-3-5(8)6(9)4(2)7/h1,4-9H,2H3/t4-,5?,6+/m1/s1. The van der Waals surface area contributed by atoms with E-state index in [0.29, 0.717) is 0 Å². The molecule has 0 fully saturated rings. The van der Waals surface area contributed by atoms with Crippen LogP contribution in [-0.2, 0) is 0 Å². The second-order valence-electron chi connectivity index (χ2n) is 1.84. The largest absolute Gasteiger partial charge is 0.391 e. The fraction of sp³-hybridized carbons (Fsp3) is 0.667. The van der Waals surface area contributed by atoms with E-state index in [0.717, 1.165) is 0 Å². The van der Waals surface area contributed by atoms with Crippen LogP contribution in [0.25, 0.3) is 0 Å². The Morgan fingerprint density at radius 1 is 1.33 bits per heavy atom. The van der Waals surface area contributed by atoms with Crippen LogP contribution in [0.2, 0.25) is 0 Å². The van der Waals surface area contributed by atoms with Gasteiger partial charge in [0.2, 0.25) is 0 Å². The van der Waals surface area contributed by atoms with Crippen molar-refractivity contribution in [3.63, 3.8) is 0 Å². The number of hydrogen-bond donors (Lipinski definition) is 3. The van der Waals surface area contributed by atoms with E-state index in [1.54, 1.807) is 0 Å². The first-order chi connectivity index (χ1) is 4.09. The Labute approximate surface area is 53.9 Å². The molecule has 0 aliphatic heterocycles. The maximum absolute atomic E-state index is 8.75. The predicted octanol–water partition coefficient (Wildman–Crippen LogP) is -1.28. The Balaban J connectivity index is 3.76. The van der Waals surface area contributed by atoms with Gasteiger partial charge < -0.3 is 15.3 Å². The maximum Gasteiger partial charge on any atom is 0.142 e. The van der Waals surface area contributed by atoms with Gasteiger partial charge >= 0.3 is 0 Å². The summed E-state index contributed by atoms with van der Waals surface area (Å²) in [6.45, 7) is 1.35. The third-order valence-electron chi connectivity index (χ3n) is 0.989. The molecule has 0 saturated heterocycles. The molecule has 0 aromatic rings. The fourth-order valence-electron chi connectivity index (χ4n) is 0.362. The number of aliphatic hydroxyl groups is 3. The highest BCUT2D eigenvalue weighted by Gasteiger charge is 2.18. The zero-order valence-corrected chi connectivity index (χ0v) is 5.15. The van der Waals surface area contributed by atoms with Gasteiger partial charge in [-0.25, -0.2) is 0 Å². The van der Waals surface area contributed by atoms with Gasteiger partial charge in [-0.3, -0.25) is 0 Å². The van der Waals surface area contributed by atoms with E-state index in [2.05, 4.69) is 0 Å². The van der Waals surface area contributed by atoms with E-state index in [4.69, 9.17) is 21.7 Å². The van der Waals surface area contributed by atoms with Crippen LogP contribution in [0.5, 0.6) is 0 Å². The molecule has 0 bridgehead atoms. The second kappa shape index (κ2) is 3.46. The summed E-state index contributed by atoms with van der Waals surface area (Å²) in [7, 11) is 0. The van der Waals surface area contributed by atoms with Crippen LogP contribution in [0.1, 0.15) is 6.92 Å². The molecule has 0 aromatic carbocycles. The predicted molar refractivity (Wildman–Crippen MR) is 32.5 cm³/mol. The van der Waals surface area contributed by atoms with Crippen molar-refractivity contribution in [1.29, 1.82) is 0 Å². The first-order valence-corrected chi connectivity index (χ1v) is 2.60. The molecule has 1 unspecified atom stereocenters. The van der Waals surface area contributed by atoms with Crippen molar-refractivity contribution in [3.8, 4) is 12.3 Å². The fourth-order valence-corrected chi connectivity index (χ4v) is 0.362. The molecule has 0 radical (unpaired) electrons. The van der Waals surface area contributed by atoms with Crippen LogP contribution in [0.4, 0.5) is 0 Å². The van der Waals surface area contributed by atoms with Gasteiger partial charge in [0.1, 0.15) is 12.2 Å². The first kappa shape index (κ1) is 8.44. The lowest BCUT2D eigenvalue weighted by molar-refractivity contribution is -0.0292. The first-order valence-electron chi connectivity index (χ1n) is 2.60. The molecule has 0 aliphatic rings. The molecular weight excluding hydrogens is 120 g/mol. The van der Waals surface area contributed by atoms with Crippen molar-refractivity contribution in [2.75, 3.05) is 0 Å². The highest BCUT2D eigenvalue weighted by molar-refractivity contribution is 4.98. The molecule has 0 aliphatic carbocycles. The van der Waals surface area contributed by atoms with Crippen molar-refractivity contribution < 1.29 is 15.3 Å². The lowest BCUT2D eigenvalue weighted by atomic mass is 10.1. The molecule has 0 amide bonds. The molecule has 0 rings (SSSR count). The summed E-state index contributed by atoms with van der Waals surface area (Å²) >= 11 is 0. The molecule has 0 spiro atoms. The normalized spacial score (nSPS) is 19.9. The minimum Gasteiger partial charge on any atom is -0.391 e. The Hall–Kier alpha value is -0.560. The van der Waals surface area contributed by atoms with Gasteiger partial charge in [0.25, 0.3) is 0 Å². The number of terminal acetylenes is 1. The Bertz CT molecular complexity index is 114. The highest BCUT2D eigenvalue weighted by atomic mass is 16.4. The SMILES string of the molecule is C#CC(O)[C@@H](O)[C@@H](C)O. The summed E-state index contributed by atoms with van der Waals surface area (Å²) < 4.78 is 0. The molecule has 3 atom stereocenters. The zero-order chi connectivity index (χ0) is 7.44. The summed E-state index contributed by atoms with van der Waals surface area (Å²) in [5.41, 5.74) is 0. The number of hydrogen-bond acceptors (Lipinski definition) is 3. The molecular formula is C6H10O3. The minimum absolute atomic E-state index is 0.990. The molecule has 3 nitrogen and oxygen atoms in total. The van der Waals surface area contributed by atoms with Gasteiger partial charge in [-0.05, 0) is 6.92 Å². The molecule has 0 heterocycles. The zero-order valence-electron chi connectivity index (χ0n) is 5.15. The topological polar surface area (TPSA) is 60.7 Å². The Kier molecular flexibility index (Phi) is 3.25. The van der Waals surface area contributed by atoms with E-state index in [1.807, 2.05) is 5.92 Å². The summed E-state index contributed by atoms with van der Waals surface area (Å²) in [6, 6.07) is 0. The average molecular weight is 130 g/mol. The van der Waals surface area contributed by atoms with Gasteiger partial charge in [0, 0.05) is 0 Å². The van der Waals surface area contributed by atoms with Crippen molar-refractivity contribution in [1.82, 2.24) is 0 Å². The van der Waals surface area contributed by atoms with Gasteiger partial charge in [0.15, 0.2) is 0 Å². The van der Waals surface area contributed by atoms with Crippen molar-refractivity contribution in [3.05, 3.63) is 0 Å². The average Bonchev–Trinajstić information content (AvgIpc) is 1.84. The number of rotatable bonds is 2. The van der Waals surface area contributed by atoms with Crippen molar-refractivity contribution in [2.45, 2.75) is 25.2 Å². The Morgan fingerprint density at radius 2 is 1.78 bits per heavy atom. The van der Waals surface area contributed by atoms with Crippen LogP contribution in [0.15, 0.2) is 0 Å². The van der Waals surface area contributed by atoms with E-state index < -0.39 is 18.3 Å². The Morgan fingerprint density at radius 3 is 1.89 bits per heavy atom. The van der Waals surface area contributed by atoms with Crippen LogP contribution in [-0.4, -0.2) is 33.6 Å². The van der Waals surface area contributed by atoms with Crippen LogP contribution in [0.3, 0.4) is 0 Å². The van der Waals surface area contributed by atoms with E-state index in [-0.39, 0.29) is 0 Å². The van der Waals surface area contributed by atoms with Crippen LogP contribution >= 0.6 is 0 Å². The molecule has 0 aromatic heterocycles. The summed E-state index contributed by atoms with van der Waals surface area (Å²) in [5.74, 6) is 1.89. The monoisotopic (exact) mass is 130 g/mol. The summed E-state index contributed by atoms with van der Waals surface area (Å²) in [4.78, 5) is 0. The van der Waals surface area contributed by atoms with Gasteiger partial charge in [-0.1, -0.05) is 5.92 Å². The highest BCUT2D eigenvalue weighted by Crippen LogP contribution is 1.96. The third kappa shape index (κ3) is 2.47. The number of aliphatic hydroxyl groups excluding tert-OH is 3. The van der Waals surface area contributed by atoms with E-state index in [1.165, 1.54) is 6.92 Å². The molecule has 3 N–H and O–H groups in total. The summed E-state index contributed by atoms with van der Waals surface area (Å²) in [5, 5.41) is 26.0. The quantitative estimate of drug-likeness (QED) is 0.408. The van der Waals surface area contributed by atoms with Gasteiger partial charge in [-0.2, -0.15) is 0 Å². The molecule has 0 saturated carbocycles. The molecule has 52 valence electrons. The lowest BCUT2D eigenvalue weighted by Crippen LogP contribution is -2.34. The van der Waals surface area contributed by atoms with Crippen molar-refractivity contribution in [2.24, 2.45) is 0 Å². The second-order valence-corrected chi connectivity index (χ2v) is 1.84. The minimum atomic E-state index is -1.27. The van der Waals surface area contributed by atoms with Crippen LogP contribution < -0.4 is 0 Å². The summed E-state index contributed by atoms with van der Waals surface area (Å²) in [6.07, 6.45) is 1.24. The van der Waals surface area contributed by atoms with E-state index >= 15 is 0 Å². The van der Waals surface area contributed by atoms with Gasteiger partial charge in [0.05, 0.1) is 6.10 Å². The van der Waals surface area contributed by atoms with Gasteiger partial charge in [-0.15, -0.1) is 6.42 Å². The molecule has 3 heteroatoms. The van der Waals surface area contributed by atoms with Crippen LogP contribution in [0, 0.1) is 12.3 Å². The smallest absolute Gasteiger partial charge is 0.142 e.